The molecular formula is C12H14N6. The van der Waals surface area contributed by atoms with E-state index in [2.05, 4.69) is 10.2 Å². The Morgan fingerprint density at radius 2 is 1.00 bits per heavy atom. The van der Waals surface area contributed by atoms with Gasteiger partial charge in [0, 0.05) is 11.4 Å². The van der Waals surface area contributed by atoms with E-state index < -0.39 is 0 Å². The molecule has 2 rings (SSSR count). The van der Waals surface area contributed by atoms with Gasteiger partial charge >= 0.3 is 0 Å². The number of nitrogen functional groups attached to an aromatic ring is 4. The summed E-state index contributed by atoms with van der Waals surface area (Å²) in [4.78, 5) is 0. The second-order valence-electron chi connectivity index (χ2n) is 3.84. The monoisotopic (exact) mass is 242 g/mol. The fourth-order valence-corrected chi connectivity index (χ4v) is 1.44. The normalized spacial score (nSPS) is 10.9. The Bertz CT molecular complexity index is 552. The van der Waals surface area contributed by atoms with Gasteiger partial charge in [0.1, 0.15) is 11.4 Å². The number of anilines is 4. The minimum absolute atomic E-state index is 0.466. The lowest BCUT2D eigenvalue weighted by Crippen LogP contribution is -1.90. The van der Waals surface area contributed by atoms with Gasteiger partial charge in [-0.3, -0.25) is 0 Å². The number of rotatable bonds is 2. The van der Waals surface area contributed by atoms with Crippen LogP contribution in [0.2, 0.25) is 0 Å². The fraction of sp³-hybridized carbons (Fsp3) is 0. The number of hydrogen-bond donors (Lipinski definition) is 4. The van der Waals surface area contributed by atoms with Crippen LogP contribution in [-0.4, -0.2) is 0 Å². The van der Waals surface area contributed by atoms with E-state index in [4.69, 9.17) is 22.9 Å². The van der Waals surface area contributed by atoms with Crippen LogP contribution in [0.3, 0.4) is 0 Å². The Morgan fingerprint density at radius 3 is 1.33 bits per heavy atom. The third-order valence-electron chi connectivity index (χ3n) is 2.37. The van der Waals surface area contributed by atoms with Gasteiger partial charge in [-0.25, -0.2) is 0 Å². The average Bonchev–Trinajstić information content (AvgIpc) is 2.30. The molecule has 0 fully saturated rings. The van der Waals surface area contributed by atoms with Gasteiger partial charge < -0.3 is 22.9 Å². The van der Waals surface area contributed by atoms with Gasteiger partial charge in [-0.15, -0.1) is 10.2 Å². The second-order valence-corrected chi connectivity index (χ2v) is 3.84. The molecule has 0 aliphatic heterocycles. The summed E-state index contributed by atoms with van der Waals surface area (Å²) in [6.45, 7) is 0. The molecule has 0 saturated carbocycles. The van der Waals surface area contributed by atoms with E-state index in [1.165, 1.54) is 0 Å². The first kappa shape index (κ1) is 11.7. The second kappa shape index (κ2) is 4.62. The molecule has 0 aliphatic rings. The molecule has 0 saturated heterocycles. The van der Waals surface area contributed by atoms with Crippen molar-refractivity contribution in [1.29, 1.82) is 0 Å². The summed E-state index contributed by atoms with van der Waals surface area (Å²) in [6.07, 6.45) is 0. The number of nitrogens with two attached hydrogens (primary N) is 4. The van der Waals surface area contributed by atoms with Crippen molar-refractivity contribution in [3.05, 3.63) is 36.4 Å². The third kappa shape index (κ3) is 2.49. The number of nitrogens with zero attached hydrogens (tertiary/aromatic N) is 2. The van der Waals surface area contributed by atoms with E-state index in [1.54, 1.807) is 36.4 Å². The minimum Gasteiger partial charge on any atom is -0.399 e. The van der Waals surface area contributed by atoms with E-state index in [-0.39, 0.29) is 0 Å². The van der Waals surface area contributed by atoms with Crippen molar-refractivity contribution in [2.24, 2.45) is 10.2 Å². The van der Waals surface area contributed by atoms with Gasteiger partial charge in [0.2, 0.25) is 0 Å². The Balaban J connectivity index is 2.30. The summed E-state index contributed by atoms with van der Waals surface area (Å²) in [5, 5.41) is 8.06. The zero-order valence-corrected chi connectivity index (χ0v) is 9.67. The molecule has 0 spiro atoms. The average molecular weight is 242 g/mol. The van der Waals surface area contributed by atoms with E-state index in [0.717, 1.165) is 0 Å². The first-order valence-electron chi connectivity index (χ1n) is 5.28. The molecular weight excluding hydrogens is 228 g/mol. The lowest BCUT2D eigenvalue weighted by molar-refractivity contribution is 1.24. The Kier molecular flexibility index (Phi) is 3.01. The molecule has 0 amide bonds. The first-order valence-corrected chi connectivity index (χ1v) is 5.28. The SMILES string of the molecule is Nc1ccc(N=Nc2ccc(N)cc2N)c(N)c1. The third-order valence-corrected chi connectivity index (χ3v) is 2.37. The smallest absolute Gasteiger partial charge is 0.109 e. The van der Waals surface area contributed by atoms with E-state index in [9.17, 15) is 0 Å². The van der Waals surface area contributed by atoms with Crippen LogP contribution in [0.25, 0.3) is 0 Å². The van der Waals surface area contributed by atoms with Gasteiger partial charge in [-0.2, -0.15) is 0 Å². The van der Waals surface area contributed by atoms with Gasteiger partial charge in [0.15, 0.2) is 0 Å². The van der Waals surface area contributed by atoms with Crippen molar-refractivity contribution in [3.8, 4) is 0 Å². The Hall–Kier alpha value is -2.76. The maximum Gasteiger partial charge on any atom is 0.109 e. The molecule has 0 unspecified atom stereocenters. The molecule has 0 heterocycles. The highest BCUT2D eigenvalue weighted by Crippen LogP contribution is 2.29. The summed E-state index contributed by atoms with van der Waals surface area (Å²) in [5.74, 6) is 0. The fourth-order valence-electron chi connectivity index (χ4n) is 1.44. The molecule has 18 heavy (non-hydrogen) atoms. The van der Waals surface area contributed by atoms with E-state index in [0.29, 0.717) is 34.1 Å². The van der Waals surface area contributed by atoms with Crippen molar-refractivity contribution in [3.63, 3.8) is 0 Å². The topological polar surface area (TPSA) is 129 Å². The largest absolute Gasteiger partial charge is 0.399 e. The number of hydrogen-bond acceptors (Lipinski definition) is 6. The predicted molar refractivity (Wildman–Crippen MR) is 74.7 cm³/mol. The van der Waals surface area contributed by atoms with Gasteiger partial charge in [-0.1, -0.05) is 0 Å². The highest BCUT2D eigenvalue weighted by molar-refractivity contribution is 5.69. The summed E-state index contributed by atoms with van der Waals surface area (Å²) in [6, 6.07) is 10.1. The van der Waals surface area contributed by atoms with Crippen molar-refractivity contribution < 1.29 is 0 Å². The molecule has 2 aromatic rings. The van der Waals surface area contributed by atoms with Crippen LogP contribution in [0.4, 0.5) is 34.1 Å². The Morgan fingerprint density at radius 1 is 0.611 bits per heavy atom. The van der Waals surface area contributed by atoms with Crippen LogP contribution in [-0.2, 0) is 0 Å². The summed E-state index contributed by atoms with van der Waals surface area (Å²) in [5.41, 5.74) is 25.9. The quantitative estimate of drug-likeness (QED) is 0.476. The zero-order chi connectivity index (χ0) is 13.1. The molecule has 0 radical (unpaired) electrons. The minimum atomic E-state index is 0.466. The molecule has 0 atom stereocenters. The summed E-state index contributed by atoms with van der Waals surface area (Å²) >= 11 is 0. The highest BCUT2D eigenvalue weighted by Gasteiger charge is 2.00. The first-order chi connectivity index (χ1) is 8.56. The van der Waals surface area contributed by atoms with Crippen molar-refractivity contribution in [2.45, 2.75) is 0 Å². The van der Waals surface area contributed by atoms with Gasteiger partial charge in [-0.05, 0) is 36.4 Å². The molecule has 2 aromatic carbocycles. The van der Waals surface area contributed by atoms with E-state index >= 15 is 0 Å². The number of benzene rings is 2. The van der Waals surface area contributed by atoms with Crippen molar-refractivity contribution in [2.75, 3.05) is 22.9 Å². The van der Waals surface area contributed by atoms with Gasteiger partial charge in [0.25, 0.3) is 0 Å². The molecule has 92 valence electrons. The van der Waals surface area contributed by atoms with Crippen LogP contribution in [0, 0.1) is 0 Å². The van der Waals surface area contributed by atoms with Crippen molar-refractivity contribution >= 4 is 34.1 Å². The zero-order valence-electron chi connectivity index (χ0n) is 9.67. The molecule has 6 nitrogen and oxygen atoms in total. The molecule has 0 bridgehead atoms. The van der Waals surface area contributed by atoms with Crippen LogP contribution in [0.1, 0.15) is 0 Å². The Labute approximate surface area is 104 Å². The lowest BCUT2D eigenvalue weighted by Gasteiger charge is -2.02. The summed E-state index contributed by atoms with van der Waals surface area (Å²) < 4.78 is 0. The van der Waals surface area contributed by atoms with Crippen LogP contribution in [0.15, 0.2) is 46.6 Å². The predicted octanol–water partition coefficient (Wildman–Crippen LogP) is 2.43. The highest BCUT2D eigenvalue weighted by atomic mass is 15.1. The van der Waals surface area contributed by atoms with Gasteiger partial charge in [0.05, 0.1) is 11.4 Å². The maximum absolute atomic E-state index is 5.76. The number of azo groups is 1. The van der Waals surface area contributed by atoms with Crippen LogP contribution >= 0.6 is 0 Å². The summed E-state index contributed by atoms with van der Waals surface area (Å²) in [7, 11) is 0. The standard InChI is InChI=1S/C12H14N6/c13-7-1-3-11(9(15)5-7)17-18-12-4-2-8(14)6-10(12)16/h1-6H,13-16H2. The maximum atomic E-state index is 5.76. The van der Waals surface area contributed by atoms with E-state index in [1.807, 2.05) is 0 Å². The van der Waals surface area contributed by atoms with Crippen molar-refractivity contribution in [1.82, 2.24) is 0 Å². The molecule has 8 N–H and O–H groups in total. The van der Waals surface area contributed by atoms with Crippen LogP contribution in [0.5, 0.6) is 0 Å². The molecule has 0 aliphatic carbocycles. The van der Waals surface area contributed by atoms with Crippen LogP contribution < -0.4 is 22.9 Å². The molecule has 6 heteroatoms. The lowest BCUT2D eigenvalue weighted by atomic mass is 10.2. The molecule has 0 aromatic heterocycles.